The molecule has 18 heavy (non-hydrogen) atoms. The van der Waals surface area contributed by atoms with Crippen LogP contribution in [-0.4, -0.2) is 25.2 Å². The molecule has 1 aliphatic rings. The van der Waals surface area contributed by atoms with E-state index in [2.05, 4.69) is 26.1 Å². The van der Waals surface area contributed by atoms with Gasteiger partial charge < -0.3 is 14.5 Å². The maximum Gasteiger partial charge on any atom is 0.287 e. The Balaban J connectivity index is 2.05. The molecule has 0 aromatic carbocycles. The number of carbonyl (C=O) groups is 1. The molecule has 1 N–H and O–H groups in total. The fourth-order valence-electron chi connectivity index (χ4n) is 3.07. The van der Waals surface area contributed by atoms with Crippen LogP contribution < -0.4 is 5.32 Å². The molecule has 1 saturated carbocycles. The predicted octanol–water partition coefficient (Wildman–Crippen LogP) is 2.72. The average molecular weight is 272 g/mol. The van der Waals surface area contributed by atoms with Crippen molar-refractivity contribution in [1.29, 1.82) is 0 Å². The summed E-state index contributed by atoms with van der Waals surface area (Å²) in [6.07, 6.45) is 0.156. The van der Waals surface area contributed by atoms with Crippen LogP contribution in [0.3, 0.4) is 0 Å². The zero-order valence-electron chi connectivity index (χ0n) is 11.0. The lowest BCUT2D eigenvalue weighted by atomic mass is 9.58. The summed E-state index contributed by atoms with van der Waals surface area (Å²) >= 11 is 5.65. The Morgan fingerprint density at radius 1 is 1.50 bits per heavy atom. The quantitative estimate of drug-likeness (QED) is 0.920. The zero-order chi connectivity index (χ0) is 13.5. The van der Waals surface area contributed by atoms with Crippen LogP contribution in [0.2, 0.25) is 5.22 Å². The van der Waals surface area contributed by atoms with Gasteiger partial charge in [0.2, 0.25) is 0 Å². The standard InChI is InChI=1S/C13H18ClNO3/c1-7-10(13(2,3)11(7)17-4)15-12(16)8-5-6-9(14)18-8/h5-7,10-11H,1-4H3,(H,15,16). The van der Waals surface area contributed by atoms with E-state index in [-0.39, 0.29) is 40.4 Å². The smallest absolute Gasteiger partial charge is 0.287 e. The van der Waals surface area contributed by atoms with Gasteiger partial charge in [0.05, 0.1) is 6.10 Å². The normalized spacial score (nSPS) is 29.7. The second-order valence-electron chi connectivity index (χ2n) is 5.39. The molecule has 2 rings (SSSR count). The fourth-order valence-corrected chi connectivity index (χ4v) is 3.22. The van der Waals surface area contributed by atoms with Crippen molar-refractivity contribution >= 4 is 17.5 Å². The van der Waals surface area contributed by atoms with E-state index in [0.717, 1.165) is 0 Å². The van der Waals surface area contributed by atoms with E-state index in [1.54, 1.807) is 19.2 Å². The van der Waals surface area contributed by atoms with Gasteiger partial charge in [0.25, 0.3) is 5.91 Å². The van der Waals surface area contributed by atoms with Crippen molar-refractivity contribution in [2.45, 2.75) is 32.9 Å². The highest BCUT2D eigenvalue weighted by molar-refractivity contribution is 6.29. The Labute approximate surface area is 112 Å². The molecule has 0 aliphatic heterocycles. The Morgan fingerprint density at radius 2 is 2.17 bits per heavy atom. The number of methoxy groups -OCH3 is 1. The zero-order valence-corrected chi connectivity index (χ0v) is 11.7. The summed E-state index contributed by atoms with van der Waals surface area (Å²) in [5.41, 5.74) is -0.0831. The Kier molecular flexibility index (Phi) is 3.43. The van der Waals surface area contributed by atoms with E-state index < -0.39 is 0 Å². The first-order valence-corrected chi connectivity index (χ1v) is 6.34. The number of nitrogens with one attached hydrogen (secondary N) is 1. The van der Waals surface area contributed by atoms with Gasteiger partial charge in [0, 0.05) is 24.5 Å². The third kappa shape index (κ3) is 2.04. The number of hydrogen-bond acceptors (Lipinski definition) is 3. The second kappa shape index (κ2) is 4.59. The van der Waals surface area contributed by atoms with Gasteiger partial charge in [0.1, 0.15) is 0 Å². The van der Waals surface area contributed by atoms with Crippen LogP contribution in [0, 0.1) is 11.3 Å². The molecular formula is C13H18ClNO3. The summed E-state index contributed by atoms with van der Waals surface area (Å²) in [5.74, 6) is 0.282. The van der Waals surface area contributed by atoms with E-state index in [1.807, 2.05) is 0 Å². The molecule has 3 unspecified atom stereocenters. The van der Waals surface area contributed by atoms with Crippen LogP contribution in [-0.2, 0) is 4.74 Å². The highest BCUT2D eigenvalue weighted by Crippen LogP contribution is 2.46. The molecule has 1 amide bonds. The molecule has 1 fully saturated rings. The average Bonchev–Trinajstić information content (AvgIpc) is 2.72. The van der Waals surface area contributed by atoms with Gasteiger partial charge in [-0.2, -0.15) is 0 Å². The van der Waals surface area contributed by atoms with Crippen LogP contribution in [0.1, 0.15) is 31.3 Å². The molecule has 3 atom stereocenters. The maximum atomic E-state index is 12.0. The first-order valence-electron chi connectivity index (χ1n) is 5.97. The van der Waals surface area contributed by atoms with Crippen molar-refractivity contribution in [2.24, 2.45) is 11.3 Å². The van der Waals surface area contributed by atoms with Crippen LogP contribution in [0.15, 0.2) is 16.5 Å². The van der Waals surface area contributed by atoms with Crippen molar-refractivity contribution in [1.82, 2.24) is 5.32 Å². The largest absolute Gasteiger partial charge is 0.440 e. The van der Waals surface area contributed by atoms with Gasteiger partial charge in [-0.15, -0.1) is 0 Å². The van der Waals surface area contributed by atoms with Crippen molar-refractivity contribution in [3.8, 4) is 0 Å². The third-order valence-electron chi connectivity index (χ3n) is 3.88. The maximum absolute atomic E-state index is 12.0. The van der Waals surface area contributed by atoms with Crippen LogP contribution >= 0.6 is 11.6 Å². The number of ether oxygens (including phenoxy) is 1. The topological polar surface area (TPSA) is 51.5 Å². The summed E-state index contributed by atoms with van der Waals surface area (Å²) in [6, 6.07) is 3.20. The number of furan rings is 1. The minimum Gasteiger partial charge on any atom is -0.440 e. The fraction of sp³-hybridized carbons (Fsp3) is 0.615. The van der Waals surface area contributed by atoms with E-state index >= 15 is 0 Å². The molecule has 0 radical (unpaired) electrons. The van der Waals surface area contributed by atoms with Gasteiger partial charge >= 0.3 is 0 Å². The summed E-state index contributed by atoms with van der Waals surface area (Å²) in [5, 5.41) is 3.20. The lowest BCUT2D eigenvalue weighted by Gasteiger charge is -2.56. The molecule has 5 heteroatoms. The molecule has 1 heterocycles. The summed E-state index contributed by atoms with van der Waals surface area (Å²) < 4.78 is 10.5. The van der Waals surface area contributed by atoms with E-state index in [1.165, 1.54) is 0 Å². The highest BCUT2D eigenvalue weighted by atomic mass is 35.5. The number of halogens is 1. The Morgan fingerprint density at radius 3 is 2.61 bits per heavy atom. The molecule has 0 saturated heterocycles. The number of amides is 1. The summed E-state index contributed by atoms with van der Waals surface area (Å²) in [6.45, 7) is 6.24. The molecular weight excluding hydrogens is 254 g/mol. The third-order valence-corrected chi connectivity index (χ3v) is 4.08. The molecule has 1 aliphatic carbocycles. The molecule has 1 aromatic heterocycles. The van der Waals surface area contributed by atoms with Crippen LogP contribution in [0.25, 0.3) is 0 Å². The summed E-state index contributed by atoms with van der Waals surface area (Å²) in [7, 11) is 1.70. The van der Waals surface area contributed by atoms with Gasteiger partial charge in [-0.05, 0) is 23.7 Å². The Bertz CT molecular complexity index is 455. The van der Waals surface area contributed by atoms with Gasteiger partial charge in [0.15, 0.2) is 11.0 Å². The van der Waals surface area contributed by atoms with Crippen molar-refractivity contribution in [3.63, 3.8) is 0 Å². The molecule has 1 aromatic rings. The minimum atomic E-state index is -0.235. The first-order chi connectivity index (χ1) is 8.37. The van der Waals surface area contributed by atoms with Gasteiger partial charge in [-0.25, -0.2) is 0 Å². The van der Waals surface area contributed by atoms with E-state index in [9.17, 15) is 4.79 Å². The lowest BCUT2D eigenvalue weighted by molar-refractivity contribution is -0.141. The monoisotopic (exact) mass is 271 g/mol. The number of rotatable bonds is 3. The van der Waals surface area contributed by atoms with E-state index in [4.69, 9.17) is 20.8 Å². The number of carbonyl (C=O) groups excluding carboxylic acids is 1. The second-order valence-corrected chi connectivity index (χ2v) is 5.76. The molecule has 4 nitrogen and oxygen atoms in total. The van der Waals surface area contributed by atoms with Crippen molar-refractivity contribution in [2.75, 3.05) is 7.11 Å². The van der Waals surface area contributed by atoms with Gasteiger partial charge in [-0.3, -0.25) is 4.79 Å². The molecule has 100 valence electrons. The first kappa shape index (κ1) is 13.4. The highest BCUT2D eigenvalue weighted by Gasteiger charge is 2.55. The number of hydrogen-bond donors (Lipinski definition) is 1. The predicted molar refractivity (Wildman–Crippen MR) is 68.7 cm³/mol. The summed E-state index contributed by atoms with van der Waals surface area (Å²) in [4.78, 5) is 12.0. The van der Waals surface area contributed by atoms with Crippen molar-refractivity contribution < 1.29 is 13.9 Å². The van der Waals surface area contributed by atoms with Gasteiger partial charge in [-0.1, -0.05) is 20.8 Å². The van der Waals surface area contributed by atoms with Crippen LogP contribution in [0.5, 0.6) is 0 Å². The Hall–Kier alpha value is -1.00. The van der Waals surface area contributed by atoms with E-state index in [0.29, 0.717) is 0 Å². The minimum absolute atomic E-state index is 0.0684. The van der Waals surface area contributed by atoms with Crippen molar-refractivity contribution in [3.05, 3.63) is 23.1 Å². The molecule has 0 bridgehead atoms. The SMILES string of the molecule is COC1C(C)C(NC(=O)c2ccc(Cl)o2)C1(C)C. The molecule has 0 spiro atoms. The van der Waals surface area contributed by atoms with Crippen LogP contribution in [0.4, 0.5) is 0 Å². The lowest BCUT2D eigenvalue weighted by Crippen LogP contribution is -2.67.